The molecular weight excluding hydrogens is 316 g/mol. The molecular formula is H16CuN2O14. The van der Waals surface area contributed by atoms with Gasteiger partial charge in [-0.25, -0.2) is 0 Å². The van der Waals surface area contributed by atoms with Crippen LogP contribution >= 0.6 is 0 Å². The number of hydrogen-bond acceptors (Lipinski definition) is 6. The summed E-state index contributed by atoms with van der Waals surface area (Å²) in [7, 11) is 0. The minimum Gasteiger partial charge on any atom is -0.412 e. The van der Waals surface area contributed by atoms with Gasteiger partial charge in [-0.3, -0.25) is 0 Å². The van der Waals surface area contributed by atoms with Gasteiger partial charge in [-0.2, -0.15) is 0 Å². The Labute approximate surface area is 103 Å². The van der Waals surface area contributed by atoms with Gasteiger partial charge in [-0.1, -0.05) is 0 Å². The Kier molecular flexibility index (Phi) is 1180. The Hall–Kier alpha value is -1.40. The standard InChI is InChI=1S/Cu.2NO3.8H2O/c;2*2-1(3)4;;;;;;;;/h;;;8*1H2/q+2;2*-1;;;;;;;;. The predicted molar refractivity (Wildman–Crippen MR) is 49.6 cm³/mol. The van der Waals surface area contributed by atoms with Crippen LogP contribution in [-0.2, 0) is 17.1 Å². The molecule has 0 saturated heterocycles. The Morgan fingerprint density at radius 1 is 0.471 bits per heavy atom. The summed E-state index contributed by atoms with van der Waals surface area (Å²) in [5, 5.41) is 29.5. The number of nitrogens with zero attached hydrogens (tertiary/aromatic N) is 2. The first-order valence-corrected chi connectivity index (χ1v) is 1.10. The van der Waals surface area contributed by atoms with Crippen molar-refractivity contribution in [1.82, 2.24) is 0 Å². The SMILES string of the molecule is O.O.O.O.O.O.O.O.O=[N+]([O-])[O-].O=[N+]([O-])[O-].[Cu+2]. The summed E-state index contributed by atoms with van der Waals surface area (Å²) in [5.74, 6) is 0. The van der Waals surface area contributed by atoms with Crippen molar-refractivity contribution in [2.45, 2.75) is 0 Å². The second-order valence-electron chi connectivity index (χ2n) is 0.447. The fourth-order valence-electron chi connectivity index (χ4n) is 0. The van der Waals surface area contributed by atoms with Crippen molar-refractivity contribution in [1.29, 1.82) is 0 Å². The molecule has 0 aromatic rings. The summed E-state index contributed by atoms with van der Waals surface area (Å²) >= 11 is 0. The largest absolute Gasteiger partial charge is 2.00 e. The zero-order valence-corrected chi connectivity index (χ0v) is 8.59. The first-order valence-electron chi connectivity index (χ1n) is 1.10. The first kappa shape index (κ1) is 157. The van der Waals surface area contributed by atoms with Crippen LogP contribution in [0.2, 0.25) is 0 Å². The molecule has 0 unspecified atom stereocenters. The molecule has 16 nitrogen and oxygen atoms in total. The smallest absolute Gasteiger partial charge is 0.412 e. The Balaban J connectivity index is -0.00000000308. The summed E-state index contributed by atoms with van der Waals surface area (Å²) in [6.07, 6.45) is 0. The van der Waals surface area contributed by atoms with E-state index < -0.39 is 10.2 Å². The molecule has 1 radical (unpaired) electrons. The fourth-order valence-corrected chi connectivity index (χ4v) is 0. The van der Waals surface area contributed by atoms with Crippen LogP contribution in [0.1, 0.15) is 0 Å². The van der Waals surface area contributed by atoms with Gasteiger partial charge in [-0.05, 0) is 0 Å². The second kappa shape index (κ2) is 128. The summed E-state index contributed by atoms with van der Waals surface area (Å²) in [5.41, 5.74) is 0. The van der Waals surface area contributed by atoms with Crippen LogP contribution in [0, 0.1) is 30.6 Å². The van der Waals surface area contributed by atoms with E-state index >= 15 is 0 Å². The quantitative estimate of drug-likeness (QED) is 0.235. The molecule has 0 saturated carbocycles. The average molecular weight is 332 g/mol. The fraction of sp³-hybridized carbons (Fsp3) is 0. The topological polar surface area (TPSA) is 384 Å². The maximum absolute atomic E-state index is 8.25. The van der Waals surface area contributed by atoms with E-state index in [-0.39, 0.29) is 60.9 Å². The van der Waals surface area contributed by atoms with Crippen molar-refractivity contribution >= 4 is 0 Å². The number of hydrogen-bond donors (Lipinski definition) is 0. The van der Waals surface area contributed by atoms with E-state index in [0.29, 0.717) is 0 Å². The van der Waals surface area contributed by atoms with Gasteiger partial charge in [0, 0.05) is 0 Å². The molecule has 0 spiro atoms. The van der Waals surface area contributed by atoms with Crippen molar-refractivity contribution < 1.29 is 71.1 Å². The zero-order valence-electron chi connectivity index (χ0n) is 7.65. The normalized spacial score (nSPS) is 2.82. The molecule has 0 aromatic heterocycles. The van der Waals surface area contributed by atoms with Crippen molar-refractivity contribution in [3.63, 3.8) is 0 Å². The predicted octanol–water partition coefficient (Wildman–Crippen LogP) is -7.08. The van der Waals surface area contributed by atoms with Crippen LogP contribution < -0.4 is 0 Å². The summed E-state index contributed by atoms with van der Waals surface area (Å²) in [6, 6.07) is 0. The van der Waals surface area contributed by atoms with Gasteiger partial charge in [-0.15, -0.1) is 0 Å². The van der Waals surface area contributed by atoms with E-state index in [4.69, 9.17) is 30.6 Å². The monoisotopic (exact) mass is 331 g/mol. The van der Waals surface area contributed by atoms with Crippen molar-refractivity contribution in [3.8, 4) is 0 Å². The van der Waals surface area contributed by atoms with Gasteiger partial charge in [0.15, 0.2) is 0 Å². The third-order valence-corrected chi connectivity index (χ3v) is 0. The van der Waals surface area contributed by atoms with E-state index in [0.717, 1.165) is 0 Å². The Bertz CT molecular complexity index is 72.2. The number of rotatable bonds is 0. The molecule has 17 heteroatoms. The maximum Gasteiger partial charge on any atom is 2.00 e. The Morgan fingerprint density at radius 2 is 0.471 bits per heavy atom. The Morgan fingerprint density at radius 3 is 0.471 bits per heavy atom. The van der Waals surface area contributed by atoms with E-state index in [1.165, 1.54) is 0 Å². The first-order chi connectivity index (χ1) is 3.46. The third-order valence-electron chi connectivity index (χ3n) is 0. The van der Waals surface area contributed by atoms with Crippen molar-refractivity contribution in [2.75, 3.05) is 0 Å². The van der Waals surface area contributed by atoms with Gasteiger partial charge < -0.3 is 74.5 Å². The molecule has 0 fully saturated rings. The van der Waals surface area contributed by atoms with Crippen LogP contribution in [0.15, 0.2) is 0 Å². The van der Waals surface area contributed by atoms with Crippen molar-refractivity contribution in [3.05, 3.63) is 30.6 Å². The molecule has 16 N–H and O–H groups in total. The molecule has 0 aliphatic rings. The van der Waals surface area contributed by atoms with Gasteiger partial charge in [0.05, 0.1) is 10.2 Å². The van der Waals surface area contributed by atoms with Crippen LogP contribution in [0.5, 0.6) is 0 Å². The molecule has 0 amide bonds. The summed E-state index contributed by atoms with van der Waals surface area (Å²) < 4.78 is 0. The van der Waals surface area contributed by atoms with E-state index in [9.17, 15) is 0 Å². The minimum absolute atomic E-state index is 0. The molecule has 0 aliphatic carbocycles. The third kappa shape index (κ3) is 1180. The molecule has 121 valence electrons. The average Bonchev–Trinajstić information content (AvgIpc) is 1.25. The minimum atomic E-state index is -1.75. The van der Waals surface area contributed by atoms with Gasteiger partial charge in [0.1, 0.15) is 0 Å². The molecule has 0 atom stereocenters. The van der Waals surface area contributed by atoms with E-state index in [2.05, 4.69) is 0 Å². The summed E-state index contributed by atoms with van der Waals surface area (Å²) in [4.78, 5) is 16.5. The molecule has 0 rings (SSSR count). The van der Waals surface area contributed by atoms with Crippen LogP contribution in [-0.4, -0.2) is 54.0 Å². The zero-order chi connectivity index (χ0) is 7.15. The van der Waals surface area contributed by atoms with Crippen LogP contribution in [0.4, 0.5) is 0 Å². The van der Waals surface area contributed by atoms with Gasteiger partial charge in [0.2, 0.25) is 0 Å². The molecule has 0 aliphatic heterocycles. The molecule has 0 aromatic carbocycles. The maximum atomic E-state index is 8.25. The molecule has 0 bridgehead atoms. The van der Waals surface area contributed by atoms with E-state index in [1.54, 1.807) is 0 Å². The van der Waals surface area contributed by atoms with Crippen molar-refractivity contribution in [2.24, 2.45) is 0 Å². The van der Waals surface area contributed by atoms with Gasteiger partial charge in [0.25, 0.3) is 0 Å². The molecule has 0 heterocycles. The van der Waals surface area contributed by atoms with Gasteiger partial charge >= 0.3 is 17.1 Å². The summed E-state index contributed by atoms with van der Waals surface area (Å²) in [6.45, 7) is 0. The van der Waals surface area contributed by atoms with E-state index in [1.807, 2.05) is 0 Å². The molecule has 17 heavy (non-hydrogen) atoms. The second-order valence-corrected chi connectivity index (χ2v) is 0.447. The van der Waals surface area contributed by atoms with Crippen LogP contribution in [0.25, 0.3) is 0 Å². The van der Waals surface area contributed by atoms with Crippen LogP contribution in [0.3, 0.4) is 0 Å².